The molecule has 0 spiro atoms. The molecular weight excluding hydrogens is 376 g/mol. The standard InChI is InChI=1S/C18H21ClN2O4S/c1-13-5-6-17(24-2)18(10-13)26(22,23)21-9-3-4-14(12-21)25-16-7-8-20-11-15(16)19/h5-8,10-11,14H,3-4,9,12H2,1-2H3. The van der Waals surface area contributed by atoms with E-state index < -0.39 is 10.0 Å². The number of nitrogens with zero attached hydrogens (tertiary/aromatic N) is 2. The quantitative estimate of drug-likeness (QED) is 0.775. The van der Waals surface area contributed by atoms with Gasteiger partial charge in [-0.05, 0) is 37.5 Å². The third-order valence-electron chi connectivity index (χ3n) is 4.31. The molecule has 2 aromatic rings. The lowest BCUT2D eigenvalue weighted by Crippen LogP contribution is -2.44. The third kappa shape index (κ3) is 3.95. The Morgan fingerprint density at radius 2 is 2.08 bits per heavy atom. The molecule has 0 saturated carbocycles. The molecule has 1 aromatic heterocycles. The number of rotatable bonds is 5. The summed E-state index contributed by atoms with van der Waals surface area (Å²) >= 11 is 6.09. The Hall–Kier alpha value is -1.83. The van der Waals surface area contributed by atoms with Gasteiger partial charge in [-0.3, -0.25) is 4.98 Å². The molecule has 0 bridgehead atoms. The molecule has 0 radical (unpaired) electrons. The van der Waals surface area contributed by atoms with Crippen molar-refractivity contribution in [3.8, 4) is 11.5 Å². The van der Waals surface area contributed by atoms with Crippen molar-refractivity contribution in [3.05, 3.63) is 47.2 Å². The van der Waals surface area contributed by atoms with E-state index in [4.69, 9.17) is 21.1 Å². The number of ether oxygens (including phenoxy) is 2. The fraction of sp³-hybridized carbons (Fsp3) is 0.389. The molecule has 6 nitrogen and oxygen atoms in total. The first kappa shape index (κ1) is 18.9. The molecule has 1 unspecified atom stereocenters. The van der Waals surface area contributed by atoms with E-state index in [1.807, 2.05) is 13.0 Å². The molecule has 2 heterocycles. The van der Waals surface area contributed by atoms with E-state index in [9.17, 15) is 8.42 Å². The number of aryl methyl sites for hydroxylation is 1. The van der Waals surface area contributed by atoms with Gasteiger partial charge in [0.25, 0.3) is 0 Å². The Bertz CT molecular complexity index is 889. The minimum absolute atomic E-state index is 0.183. The Morgan fingerprint density at radius 1 is 1.27 bits per heavy atom. The highest BCUT2D eigenvalue weighted by Gasteiger charge is 2.33. The second-order valence-corrected chi connectivity index (χ2v) is 8.52. The molecule has 1 atom stereocenters. The lowest BCUT2D eigenvalue weighted by atomic mass is 10.1. The molecule has 0 N–H and O–H groups in total. The van der Waals surface area contributed by atoms with Gasteiger partial charge in [0, 0.05) is 25.0 Å². The first-order valence-corrected chi connectivity index (χ1v) is 10.1. The summed E-state index contributed by atoms with van der Waals surface area (Å²) in [4.78, 5) is 4.11. The summed E-state index contributed by atoms with van der Waals surface area (Å²) in [5.74, 6) is 0.856. The summed E-state index contributed by atoms with van der Waals surface area (Å²) in [6.45, 7) is 2.56. The van der Waals surface area contributed by atoms with Crippen molar-refractivity contribution in [3.63, 3.8) is 0 Å². The van der Waals surface area contributed by atoms with Crippen LogP contribution in [0.15, 0.2) is 41.6 Å². The summed E-state index contributed by atoms with van der Waals surface area (Å²) in [6.07, 6.45) is 4.30. The maximum atomic E-state index is 13.1. The zero-order chi connectivity index (χ0) is 18.7. The summed E-state index contributed by atoms with van der Waals surface area (Å²) in [5.41, 5.74) is 0.859. The summed E-state index contributed by atoms with van der Waals surface area (Å²) < 4.78 is 38.9. The number of aromatic nitrogens is 1. The summed E-state index contributed by atoms with van der Waals surface area (Å²) in [6, 6.07) is 6.82. The van der Waals surface area contributed by atoms with Gasteiger partial charge in [-0.1, -0.05) is 17.7 Å². The normalized spacial score (nSPS) is 18.5. The van der Waals surface area contributed by atoms with Crippen LogP contribution < -0.4 is 9.47 Å². The van der Waals surface area contributed by atoms with Crippen LogP contribution in [0.25, 0.3) is 0 Å². The van der Waals surface area contributed by atoms with Gasteiger partial charge in [-0.25, -0.2) is 8.42 Å². The molecule has 0 aliphatic carbocycles. The van der Waals surface area contributed by atoms with Gasteiger partial charge in [0.05, 0.1) is 13.7 Å². The van der Waals surface area contributed by atoms with Crippen LogP contribution in [0.2, 0.25) is 5.02 Å². The van der Waals surface area contributed by atoms with Crippen LogP contribution in [-0.2, 0) is 10.0 Å². The Labute approximate surface area is 158 Å². The Kier molecular flexibility index (Phi) is 5.70. The molecule has 1 aromatic carbocycles. The highest BCUT2D eigenvalue weighted by atomic mass is 35.5. The first-order chi connectivity index (χ1) is 12.4. The van der Waals surface area contributed by atoms with Gasteiger partial charge < -0.3 is 9.47 Å². The van der Waals surface area contributed by atoms with Crippen molar-refractivity contribution >= 4 is 21.6 Å². The van der Waals surface area contributed by atoms with E-state index in [1.54, 1.807) is 24.4 Å². The largest absolute Gasteiger partial charge is 0.495 e. The molecule has 26 heavy (non-hydrogen) atoms. The van der Waals surface area contributed by atoms with E-state index in [0.717, 1.165) is 12.0 Å². The van der Waals surface area contributed by atoms with Crippen molar-refractivity contribution in [1.29, 1.82) is 0 Å². The van der Waals surface area contributed by atoms with Gasteiger partial charge in [0.15, 0.2) is 0 Å². The number of sulfonamides is 1. The maximum Gasteiger partial charge on any atom is 0.246 e. The van der Waals surface area contributed by atoms with Crippen LogP contribution in [-0.4, -0.2) is 44.0 Å². The fourth-order valence-electron chi connectivity index (χ4n) is 2.98. The SMILES string of the molecule is COc1ccc(C)cc1S(=O)(=O)N1CCCC(Oc2ccncc2Cl)C1. The monoisotopic (exact) mass is 396 g/mol. The predicted molar refractivity (Wildman–Crippen MR) is 99.4 cm³/mol. The molecular formula is C18H21ClN2O4S. The van der Waals surface area contributed by atoms with Crippen molar-refractivity contribution < 1.29 is 17.9 Å². The second kappa shape index (κ2) is 7.82. The number of benzene rings is 1. The van der Waals surface area contributed by atoms with Crippen LogP contribution in [0.3, 0.4) is 0 Å². The van der Waals surface area contributed by atoms with Crippen molar-refractivity contribution in [2.45, 2.75) is 30.8 Å². The highest BCUT2D eigenvalue weighted by molar-refractivity contribution is 7.89. The number of hydrogen-bond donors (Lipinski definition) is 0. The maximum absolute atomic E-state index is 13.1. The lowest BCUT2D eigenvalue weighted by molar-refractivity contribution is 0.129. The van der Waals surface area contributed by atoms with Crippen molar-refractivity contribution in [1.82, 2.24) is 9.29 Å². The summed E-state index contributed by atoms with van der Waals surface area (Å²) in [7, 11) is -2.21. The number of pyridine rings is 1. The van der Waals surface area contributed by atoms with Crippen molar-refractivity contribution in [2.24, 2.45) is 0 Å². The van der Waals surface area contributed by atoms with E-state index in [0.29, 0.717) is 29.5 Å². The Balaban J connectivity index is 1.83. The number of hydrogen-bond acceptors (Lipinski definition) is 5. The predicted octanol–water partition coefficient (Wildman–Crippen LogP) is 3.28. The molecule has 8 heteroatoms. The first-order valence-electron chi connectivity index (χ1n) is 8.33. The molecule has 1 fully saturated rings. The number of piperidine rings is 1. The van der Waals surface area contributed by atoms with Crippen LogP contribution in [0.4, 0.5) is 0 Å². The summed E-state index contributed by atoms with van der Waals surface area (Å²) in [5, 5.41) is 0.410. The smallest absolute Gasteiger partial charge is 0.246 e. The molecule has 3 rings (SSSR count). The zero-order valence-electron chi connectivity index (χ0n) is 14.7. The minimum atomic E-state index is -3.68. The topological polar surface area (TPSA) is 68.7 Å². The van der Waals surface area contributed by atoms with E-state index in [-0.39, 0.29) is 17.5 Å². The van der Waals surface area contributed by atoms with Gasteiger partial charge in [0.1, 0.15) is 27.5 Å². The third-order valence-corrected chi connectivity index (χ3v) is 6.48. The van der Waals surface area contributed by atoms with Gasteiger partial charge in [-0.15, -0.1) is 0 Å². The lowest BCUT2D eigenvalue weighted by Gasteiger charge is -2.32. The minimum Gasteiger partial charge on any atom is -0.495 e. The average molecular weight is 397 g/mol. The molecule has 1 saturated heterocycles. The Morgan fingerprint density at radius 3 is 2.81 bits per heavy atom. The number of halogens is 1. The van der Waals surface area contributed by atoms with Crippen molar-refractivity contribution in [2.75, 3.05) is 20.2 Å². The zero-order valence-corrected chi connectivity index (χ0v) is 16.3. The number of methoxy groups -OCH3 is 1. The van der Waals surface area contributed by atoms with E-state index >= 15 is 0 Å². The van der Waals surface area contributed by atoms with Crippen LogP contribution in [0, 0.1) is 6.92 Å². The van der Waals surface area contributed by atoms with E-state index in [2.05, 4.69) is 4.98 Å². The molecule has 1 aliphatic heterocycles. The molecule has 1 aliphatic rings. The van der Waals surface area contributed by atoms with Gasteiger partial charge >= 0.3 is 0 Å². The molecule has 140 valence electrons. The van der Waals surface area contributed by atoms with Gasteiger partial charge in [0.2, 0.25) is 10.0 Å². The average Bonchev–Trinajstić information content (AvgIpc) is 2.64. The second-order valence-electron chi connectivity index (χ2n) is 6.21. The van der Waals surface area contributed by atoms with Crippen LogP contribution in [0.1, 0.15) is 18.4 Å². The van der Waals surface area contributed by atoms with E-state index in [1.165, 1.54) is 17.6 Å². The van der Waals surface area contributed by atoms with Crippen LogP contribution >= 0.6 is 11.6 Å². The highest BCUT2D eigenvalue weighted by Crippen LogP contribution is 2.31. The fourth-order valence-corrected chi connectivity index (χ4v) is 4.90. The molecule has 0 amide bonds. The van der Waals surface area contributed by atoms with Gasteiger partial charge in [-0.2, -0.15) is 4.31 Å². The van der Waals surface area contributed by atoms with Crippen LogP contribution in [0.5, 0.6) is 11.5 Å².